The van der Waals surface area contributed by atoms with Crippen molar-refractivity contribution in [2.24, 2.45) is 0 Å². The molecule has 5 heteroatoms. The van der Waals surface area contributed by atoms with Gasteiger partial charge in [0.25, 0.3) is 0 Å². The van der Waals surface area contributed by atoms with Gasteiger partial charge in [-0.15, -0.1) is 0 Å². The van der Waals surface area contributed by atoms with E-state index in [-0.39, 0.29) is 25.2 Å². The summed E-state index contributed by atoms with van der Waals surface area (Å²) in [6, 6.07) is 0. The van der Waals surface area contributed by atoms with E-state index in [1.54, 1.807) is 0 Å². The third-order valence-corrected chi connectivity index (χ3v) is 10.5. The van der Waals surface area contributed by atoms with Crippen LogP contribution >= 0.6 is 0 Å². The predicted octanol–water partition coefficient (Wildman–Crippen LogP) is 16.6. The Balaban J connectivity index is 4.31. The van der Waals surface area contributed by atoms with Crippen molar-refractivity contribution in [3.63, 3.8) is 0 Å². The molecular formula is C53H94O5. The molecule has 0 heterocycles. The molecule has 0 aliphatic heterocycles. The Kier molecular flexibility index (Phi) is 46.9. The zero-order valence-corrected chi connectivity index (χ0v) is 38.6. The topological polar surface area (TPSA) is 61.8 Å². The summed E-state index contributed by atoms with van der Waals surface area (Å²) in [5, 5.41) is 0. The number of hydrogen-bond acceptors (Lipinski definition) is 5. The van der Waals surface area contributed by atoms with Crippen molar-refractivity contribution in [2.75, 3.05) is 19.8 Å². The minimum Gasteiger partial charge on any atom is -0.462 e. The first kappa shape index (κ1) is 55.6. The third kappa shape index (κ3) is 46.3. The van der Waals surface area contributed by atoms with Gasteiger partial charge in [0.2, 0.25) is 0 Å². The Hall–Kier alpha value is -2.40. The van der Waals surface area contributed by atoms with Crippen LogP contribution in [0.15, 0.2) is 60.8 Å². The largest absolute Gasteiger partial charge is 0.462 e. The highest BCUT2D eigenvalue weighted by Crippen LogP contribution is 2.13. The van der Waals surface area contributed by atoms with Crippen molar-refractivity contribution in [1.82, 2.24) is 0 Å². The lowest BCUT2D eigenvalue weighted by Crippen LogP contribution is -2.30. The second-order valence-corrected chi connectivity index (χ2v) is 16.4. The molecule has 0 spiro atoms. The Bertz CT molecular complexity index is 1010. The molecule has 0 N–H and O–H groups in total. The van der Waals surface area contributed by atoms with Crippen molar-refractivity contribution in [2.45, 2.75) is 245 Å². The fourth-order valence-electron chi connectivity index (χ4n) is 6.73. The summed E-state index contributed by atoms with van der Waals surface area (Å²) >= 11 is 0. The average molecular weight is 811 g/mol. The minimum absolute atomic E-state index is 0.0693. The van der Waals surface area contributed by atoms with E-state index < -0.39 is 6.10 Å². The molecule has 0 aromatic heterocycles. The zero-order valence-electron chi connectivity index (χ0n) is 38.6. The van der Waals surface area contributed by atoms with Gasteiger partial charge in [-0.25, -0.2) is 0 Å². The molecule has 0 bridgehead atoms. The molecule has 5 nitrogen and oxygen atoms in total. The van der Waals surface area contributed by atoms with Gasteiger partial charge in [0, 0.05) is 19.4 Å². The van der Waals surface area contributed by atoms with Crippen molar-refractivity contribution in [3.8, 4) is 0 Å². The number of carbonyl (C=O) groups is 2. The molecule has 0 fully saturated rings. The van der Waals surface area contributed by atoms with Crippen LogP contribution in [0.1, 0.15) is 239 Å². The van der Waals surface area contributed by atoms with Crippen LogP contribution in [0.5, 0.6) is 0 Å². The summed E-state index contributed by atoms with van der Waals surface area (Å²) in [6.07, 6.45) is 60.7. The fraction of sp³-hybridized carbons (Fsp3) is 0.774. The highest BCUT2D eigenvalue weighted by Gasteiger charge is 2.17. The highest BCUT2D eigenvalue weighted by atomic mass is 16.6. The summed E-state index contributed by atoms with van der Waals surface area (Å²) in [5.41, 5.74) is 0. The van der Waals surface area contributed by atoms with Gasteiger partial charge in [0.05, 0.1) is 6.61 Å². The maximum atomic E-state index is 12.8. The first-order valence-electron chi connectivity index (χ1n) is 24.8. The van der Waals surface area contributed by atoms with Crippen LogP contribution < -0.4 is 0 Å². The van der Waals surface area contributed by atoms with Gasteiger partial charge in [0.15, 0.2) is 6.10 Å². The first-order valence-corrected chi connectivity index (χ1v) is 24.8. The molecule has 0 aromatic carbocycles. The number of carbonyl (C=O) groups excluding carboxylic acids is 2. The van der Waals surface area contributed by atoms with Gasteiger partial charge in [-0.1, -0.05) is 184 Å². The van der Waals surface area contributed by atoms with E-state index >= 15 is 0 Å². The molecule has 336 valence electrons. The van der Waals surface area contributed by atoms with Crippen LogP contribution in [0.4, 0.5) is 0 Å². The van der Waals surface area contributed by atoms with Crippen LogP contribution in [-0.4, -0.2) is 37.9 Å². The van der Waals surface area contributed by atoms with Gasteiger partial charge in [-0.05, 0) is 103 Å². The van der Waals surface area contributed by atoms with Crippen molar-refractivity contribution in [3.05, 3.63) is 60.8 Å². The Morgan fingerprint density at radius 1 is 0.379 bits per heavy atom. The fourth-order valence-corrected chi connectivity index (χ4v) is 6.73. The molecule has 1 unspecified atom stereocenters. The maximum absolute atomic E-state index is 12.8. The molecule has 0 saturated heterocycles. The van der Waals surface area contributed by atoms with E-state index in [0.717, 1.165) is 77.0 Å². The van der Waals surface area contributed by atoms with Crippen LogP contribution in [-0.2, 0) is 23.8 Å². The van der Waals surface area contributed by atoms with Gasteiger partial charge in [-0.3, -0.25) is 9.59 Å². The molecule has 0 amide bonds. The average Bonchev–Trinajstić information content (AvgIpc) is 3.22. The van der Waals surface area contributed by atoms with E-state index in [1.165, 1.54) is 128 Å². The summed E-state index contributed by atoms with van der Waals surface area (Å²) in [4.78, 5) is 25.3. The summed E-state index contributed by atoms with van der Waals surface area (Å²) in [6.45, 7) is 7.71. The van der Waals surface area contributed by atoms with E-state index in [0.29, 0.717) is 19.4 Å². The third-order valence-electron chi connectivity index (χ3n) is 10.5. The Labute approximate surface area is 360 Å². The molecule has 1 atom stereocenters. The second-order valence-electron chi connectivity index (χ2n) is 16.4. The number of hydrogen-bond donors (Lipinski definition) is 0. The predicted molar refractivity (Wildman–Crippen MR) is 251 cm³/mol. The highest BCUT2D eigenvalue weighted by molar-refractivity contribution is 5.70. The molecule has 0 aliphatic carbocycles. The van der Waals surface area contributed by atoms with Crippen LogP contribution in [0.3, 0.4) is 0 Å². The van der Waals surface area contributed by atoms with Gasteiger partial charge >= 0.3 is 11.9 Å². The molecule has 0 radical (unpaired) electrons. The normalized spacial score (nSPS) is 12.7. The smallest absolute Gasteiger partial charge is 0.306 e. The summed E-state index contributed by atoms with van der Waals surface area (Å²) in [5.74, 6) is -0.429. The number of allylic oxidation sites excluding steroid dienone is 10. The Morgan fingerprint density at radius 3 is 1.21 bits per heavy atom. The SMILES string of the molecule is CCCC/C=C\CCCCCCCCOCC(COC(=O)CCCCCCC/C=C\C/C=C\CCCCC)OC(=O)CCCCCCC/C=C\C/C=C\CCCCC. The zero-order chi connectivity index (χ0) is 42.1. The molecule has 0 aromatic rings. The lowest BCUT2D eigenvalue weighted by atomic mass is 10.1. The van der Waals surface area contributed by atoms with Crippen molar-refractivity contribution in [1.29, 1.82) is 0 Å². The van der Waals surface area contributed by atoms with E-state index in [4.69, 9.17) is 14.2 Å². The van der Waals surface area contributed by atoms with Crippen molar-refractivity contribution < 1.29 is 23.8 Å². The summed E-state index contributed by atoms with van der Waals surface area (Å²) < 4.78 is 17.3. The molecule has 0 rings (SSSR count). The minimum atomic E-state index is -0.551. The van der Waals surface area contributed by atoms with Gasteiger partial charge in [-0.2, -0.15) is 0 Å². The standard InChI is InChI=1S/C53H94O5/c1-4-7-10-13-16-19-22-25-27-29-31-34-37-40-43-46-52(54)57-50-51(49-56-48-45-42-39-36-33-24-21-18-15-12-9-6-3)58-53(55)47-44-41-38-35-32-30-28-26-23-20-17-14-11-8-5-2/h15-20,25-28,51H,4-14,21-24,29-50H2,1-3H3/b18-15-,19-16-,20-17-,27-25-,28-26-. The van der Waals surface area contributed by atoms with Crippen LogP contribution in [0, 0.1) is 0 Å². The molecule has 0 aliphatic rings. The van der Waals surface area contributed by atoms with Crippen LogP contribution in [0.2, 0.25) is 0 Å². The van der Waals surface area contributed by atoms with Gasteiger partial charge < -0.3 is 14.2 Å². The van der Waals surface area contributed by atoms with Gasteiger partial charge in [0.1, 0.15) is 6.61 Å². The number of ether oxygens (including phenoxy) is 3. The first-order chi connectivity index (χ1) is 28.6. The molecule has 0 saturated carbocycles. The van der Waals surface area contributed by atoms with E-state index in [2.05, 4.69) is 81.5 Å². The number of esters is 2. The lowest BCUT2D eigenvalue weighted by Gasteiger charge is -2.18. The molecule has 58 heavy (non-hydrogen) atoms. The number of rotatable bonds is 45. The van der Waals surface area contributed by atoms with E-state index in [9.17, 15) is 9.59 Å². The lowest BCUT2D eigenvalue weighted by molar-refractivity contribution is -0.163. The monoisotopic (exact) mass is 811 g/mol. The van der Waals surface area contributed by atoms with Crippen LogP contribution in [0.25, 0.3) is 0 Å². The van der Waals surface area contributed by atoms with E-state index in [1.807, 2.05) is 0 Å². The Morgan fingerprint density at radius 2 is 0.741 bits per heavy atom. The van der Waals surface area contributed by atoms with Crippen molar-refractivity contribution >= 4 is 11.9 Å². The quantitative estimate of drug-likeness (QED) is 0.0348. The maximum Gasteiger partial charge on any atom is 0.306 e. The second kappa shape index (κ2) is 49.0. The molecular weight excluding hydrogens is 717 g/mol. The number of unbranched alkanes of at least 4 members (excludes halogenated alkanes) is 24. The summed E-state index contributed by atoms with van der Waals surface area (Å²) in [7, 11) is 0.